The Morgan fingerprint density at radius 1 is 1.16 bits per heavy atom. The van der Waals surface area contributed by atoms with Crippen LogP contribution in [0.25, 0.3) is 0 Å². The van der Waals surface area contributed by atoms with E-state index in [1.54, 1.807) is 0 Å². The summed E-state index contributed by atoms with van der Waals surface area (Å²) in [7, 11) is 0. The van der Waals surface area contributed by atoms with Crippen molar-refractivity contribution in [3.05, 3.63) is 29.3 Å². The van der Waals surface area contributed by atoms with Crippen LogP contribution in [0.2, 0.25) is 5.02 Å². The maximum absolute atomic E-state index is 10.5. The van der Waals surface area contributed by atoms with Gasteiger partial charge in [-0.3, -0.25) is 4.79 Å². The molecule has 0 aliphatic carbocycles. The van der Waals surface area contributed by atoms with Crippen LogP contribution in [0.5, 0.6) is 5.75 Å². The van der Waals surface area contributed by atoms with Crippen molar-refractivity contribution < 1.29 is 9.53 Å². The van der Waals surface area contributed by atoms with Crippen molar-refractivity contribution >= 4 is 17.5 Å². The number of benzene rings is 1. The summed E-state index contributed by atoms with van der Waals surface area (Å²) in [6.07, 6.45) is 3.43. The minimum absolute atomic E-state index is 0.218. The maximum atomic E-state index is 10.5. The number of carbonyl (C=O) groups excluding carboxylic acids is 1. The minimum Gasteiger partial charge on any atom is -0.492 e. The number of rotatable bonds is 10. The van der Waals surface area contributed by atoms with Crippen molar-refractivity contribution in [1.82, 2.24) is 5.32 Å². The second-order valence-corrected chi connectivity index (χ2v) is 4.77. The Balaban J connectivity index is 1.91. The number of hydrogen-bond donors (Lipinski definition) is 2. The van der Waals surface area contributed by atoms with E-state index in [-0.39, 0.29) is 5.91 Å². The van der Waals surface area contributed by atoms with E-state index in [9.17, 15) is 4.79 Å². The number of halogens is 1. The molecule has 106 valence electrons. The lowest BCUT2D eigenvalue weighted by Gasteiger charge is -2.07. The molecule has 1 aromatic rings. The molecule has 0 atom stereocenters. The number of nitrogens with one attached hydrogen (secondary N) is 1. The molecule has 0 saturated heterocycles. The molecule has 0 aromatic heterocycles. The minimum atomic E-state index is -0.218. The molecule has 4 nitrogen and oxygen atoms in total. The summed E-state index contributed by atoms with van der Waals surface area (Å²) >= 11 is 5.78. The normalized spacial score (nSPS) is 10.4. The first-order valence-corrected chi connectivity index (χ1v) is 6.93. The highest BCUT2D eigenvalue weighted by Crippen LogP contribution is 2.15. The monoisotopic (exact) mass is 284 g/mol. The number of carbonyl (C=O) groups is 1. The molecule has 19 heavy (non-hydrogen) atoms. The van der Waals surface area contributed by atoms with E-state index >= 15 is 0 Å². The molecule has 5 heteroatoms. The van der Waals surface area contributed by atoms with Crippen molar-refractivity contribution in [2.45, 2.75) is 25.7 Å². The number of nitrogens with two attached hydrogens (primary N) is 1. The predicted octanol–water partition coefficient (Wildman–Crippen LogP) is 2.35. The average Bonchev–Trinajstić information content (AvgIpc) is 2.38. The van der Waals surface area contributed by atoms with E-state index in [0.717, 1.165) is 38.1 Å². The van der Waals surface area contributed by atoms with Crippen molar-refractivity contribution in [3.63, 3.8) is 0 Å². The van der Waals surface area contributed by atoms with Crippen molar-refractivity contribution in [1.29, 1.82) is 0 Å². The van der Waals surface area contributed by atoms with Gasteiger partial charge >= 0.3 is 0 Å². The summed E-state index contributed by atoms with van der Waals surface area (Å²) in [5, 5.41) is 4.00. The van der Waals surface area contributed by atoms with Gasteiger partial charge in [-0.25, -0.2) is 0 Å². The Labute approximate surface area is 119 Å². The quantitative estimate of drug-likeness (QED) is 0.648. The summed E-state index contributed by atoms with van der Waals surface area (Å²) in [6, 6.07) is 7.32. The number of hydrogen-bond acceptors (Lipinski definition) is 3. The van der Waals surface area contributed by atoms with E-state index in [0.29, 0.717) is 18.1 Å². The van der Waals surface area contributed by atoms with Crippen LogP contribution in [-0.2, 0) is 4.79 Å². The van der Waals surface area contributed by atoms with E-state index in [2.05, 4.69) is 5.32 Å². The number of primary amides is 1. The Kier molecular flexibility index (Phi) is 8.02. The van der Waals surface area contributed by atoms with Gasteiger partial charge in [-0.2, -0.15) is 0 Å². The Hall–Kier alpha value is -1.26. The predicted molar refractivity (Wildman–Crippen MR) is 77.5 cm³/mol. The molecule has 1 aromatic carbocycles. The van der Waals surface area contributed by atoms with E-state index < -0.39 is 0 Å². The first kappa shape index (κ1) is 15.8. The average molecular weight is 285 g/mol. The number of amides is 1. The Bertz CT molecular complexity index is 368. The van der Waals surface area contributed by atoms with Crippen LogP contribution >= 0.6 is 11.6 Å². The SMILES string of the molecule is NC(=O)CCCCCNCCOc1ccc(Cl)cc1. The molecule has 1 rings (SSSR count). The van der Waals surface area contributed by atoms with E-state index in [4.69, 9.17) is 22.1 Å². The van der Waals surface area contributed by atoms with Crippen LogP contribution in [0.15, 0.2) is 24.3 Å². The Morgan fingerprint density at radius 2 is 1.89 bits per heavy atom. The zero-order chi connectivity index (χ0) is 13.9. The molecule has 0 radical (unpaired) electrons. The highest BCUT2D eigenvalue weighted by Gasteiger charge is 1.95. The van der Waals surface area contributed by atoms with E-state index in [1.807, 2.05) is 24.3 Å². The highest BCUT2D eigenvalue weighted by molar-refractivity contribution is 6.30. The number of ether oxygens (including phenoxy) is 1. The molecule has 0 spiro atoms. The molecule has 1 amide bonds. The van der Waals surface area contributed by atoms with Crippen molar-refractivity contribution in [2.75, 3.05) is 19.7 Å². The lowest BCUT2D eigenvalue weighted by Crippen LogP contribution is -2.22. The summed E-state index contributed by atoms with van der Waals surface area (Å²) in [4.78, 5) is 10.5. The summed E-state index contributed by atoms with van der Waals surface area (Å²) in [5.41, 5.74) is 5.06. The topological polar surface area (TPSA) is 64.4 Å². The van der Waals surface area contributed by atoms with Crippen LogP contribution in [0.1, 0.15) is 25.7 Å². The van der Waals surface area contributed by atoms with Gasteiger partial charge in [-0.15, -0.1) is 0 Å². The smallest absolute Gasteiger partial charge is 0.217 e. The standard InChI is InChI=1S/C14H21ClN2O2/c15-12-5-7-13(8-6-12)19-11-10-17-9-3-1-2-4-14(16)18/h5-8,17H,1-4,9-11H2,(H2,16,18). The third-order valence-corrected chi connectivity index (χ3v) is 2.89. The van der Waals surface area contributed by atoms with Crippen LogP contribution in [0.4, 0.5) is 0 Å². The summed E-state index contributed by atoms with van der Waals surface area (Å²) < 4.78 is 5.54. The maximum Gasteiger partial charge on any atom is 0.217 e. The molecular formula is C14H21ClN2O2. The van der Waals surface area contributed by atoms with Crippen molar-refractivity contribution in [3.8, 4) is 5.75 Å². The van der Waals surface area contributed by atoms with Crippen LogP contribution in [0, 0.1) is 0 Å². The van der Waals surface area contributed by atoms with Gasteiger partial charge in [0.2, 0.25) is 5.91 Å². The van der Waals surface area contributed by atoms with E-state index in [1.165, 1.54) is 0 Å². The summed E-state index contributed by atoms with van der Waals surface area (Å²) in [6.45, 7) is 2.37. The van der Waals surface area contributed by atoms with Gasteiger partial charge in [0.15, 0.2) is 0 Å². The lowest BCUT2D eigenvalue weighted by atomic mass is 10.2. The molecule has 0 bridgehead atoms. The summed E-state index contributed by atoms with van der Waals surface area (Å²) in [5.74, 6) is 0.608. The molecule has 0 fully saturated rings. The molecule has 0 unspecified atom stereocenters. The fraction of sp³-hybridized carbons (Fsp3) is 0.500. The third kappa shape index (κ3) is 8.46. The van der Waals surface area contributed by atoms with Gasteiger partial charge in [-0.1, -0.05) is 18.0 Å². The van der Waals surface area contributed by atoms with Crippen LogP contribution in [-0.4, -0.2) is 25.6 Å². The zero-order valence-corrected chi connectivity index (χ0v) is 11.8. The van der Waals surface area contributed by atoms with Crippen LogP contribution < -0.4 is 15.8 Å². The third-order valence-electron chi connectivity index (χ3n) is 2.64. The first-order valence-electron chi connectivity index (χ1n) is 6.56. The van der Waals surface area contributed by atoms with Gasteiger partial charge in [-0.05, 0) is 43.7 Å². The molecule has 0 aliphatic heterocycles. The largest absolute Gasteiger partial charge is 0.492 e. The first-order chi connectivity index (χ1) is 9.18. The van der Waals surface area contributed by atoms with Crippen molar-refractivity contribution in [2.24, 2.45) is 5.73 Å². The number of unbranched alkanes of at least 4 members (excludes halogenated alkanes) is 2. The fourth-order valence-electron chi connectivity index (χ4n) is 1.62. The highest BCUT2D eigenvalue weighted by atomic mass is 35.5. The molecule has 0 saturated carbocycles. The van der Waals surface area contributed by atoms with Gasteiger partial charge in [0, 0.05) is 18.0 Å². The van der Waals surface area contributed by atoms with Gasteiger partial charge < -0.3 is 15.8 Å². The fourth-order valence-corrected chi connectivity index (χ4v) is 1.75. The molecule has 0 heterocycles. The Morgan fingerprint density at radius 3 is 2.58 bits per heavy atom. The lowest BCUT2D eigenvalue weighted by molar-refractivity contribution is -0.118. The second-order valence-electron chi connectivity index (χ2n) is 4.33. The van der Waals surface area contributed by atoms with Crippen LogP contribution in [0.3, 0.4) is 0 Å². The molecule has 0 aliphatic rings. The van der Waals surface area contributed by atoms with Gasteiger partial charge in [0.05, 0.1) is 0 Å². The van der Waals surface area contributed by atoms with Gasteiger partial charge in [0.1, 0.15) is 12.4 Å². The molecule has 3 N–H and O–H groups in total. The van der Waals surface area contributed by atoms with Gasteiger partial charge in [0.25, 0.3) is 0 Å². The second kappa shape index (κ2) is 9.64. The zero-order valence-electron chi connectivity index (χ0n) is 11.0. The molecular weight excluding hydrogens is 264 g/mol.